The number of benzene rings is 1. The van der Waals surface area contributed by atoms with Gasteiger partial charge in [0.15, 0.2) is 5.69 Å². The van der Waals surface area contributed by atoms with Crippen molar-refractivity contribution in [1.29, 1.82) is 0 Å². The second-order valence-corrected chi connectivity index (χ2v) is 7.38. The summed E-state index contributed by atoms with van der Waals surface area (Å²) in [7, 11) is 1.59. The minimum Gasteiger partial charge on any atom is -0.497 e. The van der Waals surface area contributed by atoms with Crippen molar-refractivity contribution in [3.05, 3.63) is 57.5 Å². The highest BCUT2D eigenvalue weighted by atomic mass is 79.9. The molecule has 2 heterocycles. The van der Waals surface area contributed by atoms with E-state index in [0.29, 0.717) is 18.0 Å². The molecule has 0 spiro atoms. The predicted molar refractivity (Wildman–Crippen MR) is 96.1 cm³/mol. The van der Waals surface area contributed by atoms with Gasteiger partial charge in [0, 0.05) is 5.92 Å². The number of methoxy groups -OCH3 is 1. The van der Waals surface area contributed by atoms with E-state index in [1.807, 2.05) is 24.3 Å². The van der Waals surface area contributed by atoms with Crippen LogP contribution in [0.3, 0.4) is 0 Å². The van der Waals surface area contributed by atoms with Gasteiger partial charge in [-0.1, -0.05) is 12.1 Å². The third-order valence-corrected chi connectivity index (χ3v) is 5.25. The van der Waals surface area contributed by atoms with Gasteiger partial charge in [0.25, 0.3) is 0 Å². The number of hydrogen-bond acceptors (Lipinski definition) is 5. The molecule has 28 heavy (non-hydrogen) atoms. The average Bonchev–Trinajstić information content (AvgIpc) is 3.29. The van der Waals surface area contributed by atoms with Gasteiger partial charge in [0.2, 0.25) is 11.8 Å². The Kier molecular flexibility index (Phi) is 4.90. The van der Waals surface area contributed by atoms with Crippen LogP contribution in [0, 0.1) is 0 Å². The van der Waals surface area contributed by atoms with Crippen molar-refractivity contribution in [3.8, 4) is 5.75 Å². The Balaban J connectivity index is 1.53. The van der Waals surface area contributed by atoms with Gasteiger partial charge < -0.3 is 9.15 Å². The number of rotatable bonds is 6. The molecule has 1 fully saturated rings. The van der Waals surface area contributed by atoms with Crippen LogP contribution in [-0.2, 0) is 19.1 Å². The van der Waals surface area contributed by atoms with Crippen LogP contribution < -0.4 is 4.74 Å². The van der Waals surface area contributed by atoms with E-state index in [-0.39, 0.29) is 22.8 Å². The number of ether oxygens (including phenoxy) is 1. The molecule has 4 rings (SSSR count). The van der Waals surface area contributed by atoms with E-state index in [9.17, 15) is 13.2 Å². The first kappa shape index (κ1) is 19.0. The molecule has 6 nitrogen and oxygen atoms in total. The molecule has 2 aromatic heterocycles. The fourth-order valence-corrected chi connectivity index (χ4v) is 3.80. The van der Waals surface area contributed by atoms with E-state index < -0.39 is 11.9 Å². The quantitative estimate of drug-likeness (QED) is 0.543. The summed E-state index contributed by atoms with van der Waals surface area (Å²) in [6.45, 7) is -0.00384. The predicted octanol–water partition coefficient (Wildman–Crippen LogP) is 4.57. The van der Waals surface area contributed by atoms with E-state index in [1.54, 1.807) is 7.11 Å². The summed E-state index contributed by atoms with van der Waals surface area (Å²) in [5.74, 6) is 1.41. The molecule has 10 heteroatoms. The highest BCUT2D eigenvalue weighted by Crippen LogP contribution is 2.47. The Labute approximate surface area is 166 Å². The normalized spacial score (nSPS) is 14.5. The molecular weight excluding hydrogens is 441 g/mol. The lowest BCUT2D eigenvalue weighted by atomic mass is 10.1. The summed E-state index contributed by atoms with van der Waals surface area (Å²) in [5, 5.41) is 11.7. The van der Waals surface area contributed by atoms with Crippen molar-refractivity contribution in [3.63, 3.8) is 0 Å². The van der Waals surface area contributed by atoms with Gasteiger partial charge in [-0.05, 0) is 46.5 Å². The minimum absolute atomic E-state index is 0.000437. The maximum absolute atomic E-state index is 13.2. The van der Waals surface area contributed by atoms with Crippen LogP contribution in [0.4, 0.5) is 13.2 Å². The summed E-state index contributed by atoms with van der Waals surface area (Å²) in [6.07, 6.45) is -2.42. The van der Waals surface area contributed by atoms with Gasteiger partial charge in [0.1, 0.15) is 12.3 Å². The van der Waals surface area contributed by atoms with Gasteiger partial charge in [-0.15, -0.1) is 10.2 Å². The Morgan fingerprint density at radius 3 is 2.46 bits per heavy atom. The fraction of sp³-hybridized carbons (Fsp3) is 0.389. The van der Waals surface area contributed by atoms with Crippen molar-refractivity contribution in [1.82, 2.24) is 20.0 Å². The fourth-order valence-electron chi connectivity index (χ4n) is 2.97. The third-order valence-electron chi connectivity index (χ3n) is 4.47. The standard InChI is InChI=1S/C18H16BrF3N4O2/c1-27-12-6-2-10(3-7-12)8-13-23-24-14(28-13)9-26-16(11-4-5-11)15(19)17(25-26)18(20,21)22/h2-3,6-7,11H,4-5,8-9H2,1H3. The maximum atomic E-state index is 13.2. The van der Waals surface area contributed by atoms with Crippen LogP contribution >= 0.6 is 15.9 Å². The van der Waals surface area contributed by atoms with Crippen LogP contribution in [-0.4, -0.2) is 27.1 Å². The number of alkyl halides is 3. The summed E-state index contributed by atoms with van der Waals surface area (Å²) in [5.41, 5.74) is 0.561. The van der Waals surface area contributed by atoms with Crippen molar-refractivity contribution in [2.24, 2.45) is 0 Å². The molecule has 1 saturated carbocycles. The van der Waals surface area contributed by atoms with Crippen LogP contribution in [0.1, 0.15) is 47.5 Å². The molecule has 0 unspecified atom stereocenters. The Morgan fingerprint density at radius 1 is 1.18 bits per heavy atom. The molecule has 1 aliphatic rings. The molecule has 0 aliphatic heterocycles. The number of hydrogen-bond donors (Lipinski definition) is 0. The number of aromatic nitrogens is 4. The van der Waals surface area contributed by atoms with E-state index >= 15 is 0 Å². The molecule has 148 valence electrons. The molecule has 0 N–H and O–H groups in total. The average molecular weight is 457 g/mol. The van der Waals surface area contributed by atoms with Crippen LogP contribution in [0.25, 0.3) is 0 Å². The minimum atomic E-state index is -4.53. The molecule has 0 bridgehead atoms. The molecule has 1 aliphatic carbocycles. The van der Waals surface area contributed by atoms with Crippen molar-refractivity contribution in [2.75, 3.05) is 7.11 Å². The first-order chi connectivity index (χ1) is 13.3. The Morgan fingerprint density at radius 2 is 1.86 bits per heavy atom. The molecular formula is C18H16BrF3N4O2. The highest BCUT2D eigenvalue weighted by molar-refractivity contribution is 9.10. The van der Waals surface area contributed by atoms with Gasteiger partial charge >= 0.3 is 6.18 Å². The van der Waals surface area contributed by atoms with Crippen LogP contribution in [0.15, 0.2) is 33.2 Å². The van der Waals surface area contributed by atoms with Crippen molar-refractivity contribution < 1.29 is 22.3 Å². The van der Waals surface area contributed by atoms with Gasteiger partial charge in [0.05, 0.1) is 23.7 Å². The number of nitrogens with zero attached hydrogens (tertiary/aromatic N) is 4. The van der Waals surface area contributed by atoms with E-state index in [0.717, 1.165) is 24.2 Å². The molecule has 1 aromatic carbocycles. The summed E-state index contributed by atoms with van der Waals surface area (Å²) >= 11 is 3.07. The largest absolute Gasteiger partial charge is 0.497 e. The summed E-state index contributed by atoms with van der Waals surface area (Å²) < 4.78 is 51.7. The zero-order valence-corrected chi connectivity index (χ0v) is 16.4. The SMILES string of the molecule is COc1ccc(Cc2nnc(Cn3nc(C(F)(F)F)c(Br)c3C3CC3)o2)cc1. The monoisotopic (exact) mass is 456 g/mol. The van der Waals surface area contributed by atoms with E-state index in [4.69, 9.17) is 9.15 Å². The lowest BCUT2D eigenvalue weighted by Crippen LogP contribution is -2.10. The molecule has 0 saturated heterocycles. The van der Waals surface area contributed by atoms with Gasteiger partial charge in [-0.3, -0.25) is 4.68 Å². The second-order valence-electron chi connectivity index (χ2n) is 6.59. The summed E-state index contributed by atoms with van der Waals surface area (Å²) in [4.78, 5) is 0. The molecule has 0 amide bonds. The lowest BCUT2D eigenvalue weighted by Gasteiger charge is -2.03. The zero-order valence-electron chi connectivity index (χ0n) is 14.8. The Bertz CT molecular complexity index is 978. The first-order valence-electron chi connectivity index (χ1n) is 8.62. The highest BCUT2D eigenvalue weighted by Gasteiger charge is 2.41. The van der Waals surface area contributed by atoms with Crippen LogP contribution in [0.5, 0.6) is 5.75 Å². The molecule has 0 atom stereocenters. The summed E-state index contributed by atoms with van der Waals surface area (Å²) in [6, 6.07) is 7.42. The zero-order chi connectivity index (χ0) is 19.9. The second kappa shape index (κ2) is 7.23. The third kappa shape index (κ3) is 3.91. The first-order valence-corrected chi connectivity index (χ1v) is 9.42. The van der Waals surface area contributed by atoms with Crippen molar-refractivity contribution >= 4 is 15.9 Å². The maximum Gasteiger partial charge on any atom is 0.436 e. The smallest absolute Gasteiger partial charge is 0.436 e. The molecule has 0 radical (unpaired) electrons. The molecule has 3 aromatic rings. The van der Waals surface area contributed by atoms with Crippen molar-refractivity contribution in [2.45, 2.75) is 37.9 Å². The van der Waals surface area contributed by atoms with Gasteiger partial charge in [-0.2, -0.15) is 18.3 Å². The Hall–Kier alpha value is -2.36. The topological polar surface area (TPSA) is 66.0 Å². The van der Waals surface area contributed by atoms with E-state index in [1.165, 1.54) is 4.68 Å². The lowest BCUT2D eigenvalue weighted by molar-refractivity contribution is -0.142. The van der Waals surface area contributed by atoms with E-state index in [2.05, 4.69) is 31.2 Å². The number of halogens is 4. The van der Waals surface area contributed by atoms with Crippen LogP contribution in [0.2, 0.25) is 0 Å². The van der Waals surface area contributed by atoms with Gasteiger partial charge in [-0.25, -0.2) is 0 Å².